The molecule has 1 fully saturated rings. The Labute approximate surface area is 206 Å². The third-order valence-corrected chi connectivity index (χ3v) is 7.24. The van der Waals surface area contributed by atoms with E-state index in [1.54, 1.807) is 6.20 Å². The number of aliphatic hydroxyl groups is 1. The van der Waals surface area contributed by atoms with Crippen LogP contribution in [0.1, 0.15) is 49.8 Å². The number of hydrogen-bond donors (Lipinski definition) is 3. The standard InChI is InChI=1S/C29H33N3O3/c1-20(33)32-25(16-21-8-3-2-4-9-21)27(34)19-31-26-18-29(13-7-14-29)35-28-12-11-22(17-23(26)28)24-10-5-6-15-30-24/h2-6,8-12,15,17,25-27,31,34H,7,13-14,16,18-19H2,1H3,(H,32,33)/t25-,26-,27-/m0/s1. The van der Waals surface area contributed by atoms with Gasteiger partial charge in [-0.3, -0.25) is 9.78 Å². The molecule has 0 bridgehead atoms. The molecule has 0 unspecified atom stereocenters. The van der Waals surface area contributed by atoms with Gasteiger partial charge in [0.2, 0.25) is 5.91 Å². The summed E-state index contributed by atoms with van der Waals surface area (Å²) in [6.07, 6.45) is 5.79. The Bertz CT molecular complexity index is 1150. The molecule has 3 atom stereocenters. The SMILES string of the molecule is CC(=O)N[C@@H](Cc1ccccc1)[C@@H](O)CN[C@H]1CC2(CCC2)Oc2ccc(-c3ccccn3)cc21. The highest BCUT2D eigenvalue weighted by Crippen LogP contribution is 2.49. The summed E-state index contributed by atoms with van der Waals surface area (Å²) in [6.45, 7) is 1.86. The molecule has 1 amide bonds. The smallest absolute Gasteiger partial charge is 0.217 e. The number of fused-ring (bicyclic) bond motifs is 1. The molecule has 2 aliphatic rings. The highest BCUT2D eigenvalue weighted by Gasteiger charge is 2.45. The van der Waals surface area contributed by atoms with Gasteiger partial charge in [0.25, 0.3) is 0 Å². The molecule has 0 saturated heterocycles. The second-order valence-electron chi connectivity index (χ2n) is 9.84. The summed E-state index contributed by atoms with van der Waals surface area (Å²) >= 11 is 0. The van der Waals surface area contributed by atoms with E-state index in [1.807, 2.05) is 48.5 Å². The molecule has 3 aromatic rings. The number of rotatable bonds is 8. The molecule has 35 heavy (non-hydrogen) atoms. The molecular weight excluding hydrogens is 438 g/mol. The van der Waals surface area contributed by atoms with E-state index in [2.05, 4.69) is 33.8 Å². The Hall–Kier alpha value is -3.22. The largest absolute Gasteiger partial charge is 0.487 e. The average molecular weight is 472 g/mol. The van der Waals surface area contributed by atoms with E-state index in [0.29, 0.717) is 13.0 Å². The molecular formula is C29H33N3O3. The van der Waals surface area contributed by atoms with E-state index in [1.165, 1.54) is 13.3 Å². The van der Waals surface area contributed by atoms with Crippen LogP contribution in [0, 0.1) is 0 Å². The van der Waals surface area contributed by atoms with Crippen LogP contribution in [-0.4, -0.2) is 40.3 Å². The van der Waals surface area contributed by atoms with Gasteiger partial charge in [0.1, 0.15) is 11.4 Å². The normalized spacial score (nSPS) is 19.7. The van der Waals surface area contributed by atoms with E-state index in [0.717, 1.165) is 47.4 Å². The first-order valence-corrected chi connectivity index (χ1v) is 12.5. The summed E-state index contributed by atoms with van der Waals surface area (Å²) in [5, 5.41) is 17.7. The van der Waals surface area contributed by atoms with E-state index in [-0.39, 0.29) is 23.6 Å². The molecule has 0 radical (unpaired) electrons. The lowest BCUT2D eigenvalue weighted by Gasteiger charge is -2.48. The zero-order valence-corrected chi connectivity index (χ0v) is 20.1. The van der Waals surface area contributed by atoms with Gasteiger partial charge in [0.05, 0.1) is 17.8 Å². The van der Waals surface area contributed by atoms with Gasteiger partial charge in [-0.05, 0) is 61.6 Å². The van der Waals surface area contributed by atoms with Crippen molar-refractivity contribution in [2.24, 2.45) is 0 Å². The van der Waals surface area contributed by atoms with Crippen molar-refractivity contribution >= 4 is 5.91 Å². The minimum Gasteiger partial charge on any atom is -0.487 e. The van der Waals surface area contributed by atoms with E-state index in [9.17, 15) is 9.90 Å². The zero-order valence-electron chi connectivity index (χ0n) is 20.1. The second-order valence-corrected chi connectivity index (χ2v) is 9.84. The zero-order chi connectivity index (χ0) is 24.3. The first kappa shape index (κ1) is 23.5. The summed E-state index contributed by atoms with van der Waals surface area (Å²) in [5.74, 6) is 0.764. The number of aliphatic hydroxyl groups excluding tert-OH is 1. The Morgan fingerprint density at radius 2 is 1.94 bits per heavy atom. The third kappa shape index (κ3) is 5.39. The molecule has 6 heteroatoms. The van der Waals surface area contributed by atoms with Gasteiger partial charge in [-0.15, -0.1) is 0 Å². The Morgan fingerprint density at radius 1 is 1.14 bits per heavy atom. The van der Waals surface area contributed by atoms with Crippen LogP contribution in [0.4, 0.5) is 0 Å². The summed E-state index contributed by atoms with van der Waals surface area (Å²) in [4.78, 5) is 16.4. The highest BCUT2D eigenvalue weighted by atomic mass is 16.5. The summed E-state index contributed by atoms with van der Waals surface area (Å²) in [5.41, 5.74) is 4.02. The van der Waals surface area contributed by atoms with Crippen molar-refractivity contribution in [3.8, 4) is 17.0 Å². The van der Waals surface area contributed by atoms with Crippen LogP contribution < -0.4 is 15.4 Å². The molecule has 1 aromatic heterocycles. The summed E-state index contributed by atoms with van der Waals surface area (Å²) in [6, 6.07) is 21.8. The monoisotopic (exact) mass is 471 g/mol. The molecule has 1 aliphatic carbocycles. The van der Waals surface area contributed by atoms with Crippen LogP contribution in [-0.2, 0) is 11.2 Å². The van der Waals surface area contributed by atoms with Crippen LogP contribution in [0.5, 0.6) is 5.75 Å². The molecule has 6 nitrogen and oxygen atoms in total. The molecule has 1 saturated carbocycles. The maximum absolute atomic E-state index is 11.9. The van der Waals surface area contributed by atoms with Crippen molar-refractivity contribution in [1.82, 2.24) is 15.6 Å². The average Bonchev–Trinajstić information content (AvgIpc) is 2.86. The van der Waals surface area contributed by atoms with Gasteiger partial charge in [-0.25, -0.2) is 0 Å². The highest BCUT2D eigenvalue weighted by molar-refractivity contribution is 5.73. The fourth-order valence-corrected chi connectivity index (χ4v) is 5.24. The van der Waals surface area contributed by atoms with Crippen LogP contribution in [0.15, 0.2) is 72.9 Å². The predicted octanol–water partition coefficient (Wildman–Crippen LogP) is 4.19. The topological polar surface area (TPSA) is 83.5 Å². The molecule has 5 rings (SSSR count). The summed E-state index contributed by atoms with van der Waals surface area (Å²) < 4.78 is 6.48. The summed E-state index contributed by atoms with van der Waals surface area (Å²) in [7, 11) is 0. The first-order chi connectivity index (χ1) is 17.0. The number of carbonyl (C=O) groups excluding carboxylic acids is 1. The van der Waals surface area contributed by atoms with Gasteiger partial charge in [-0.2, -0.15) is 0 Å². The van der Waals surface area contributed by atoms with Crippen LogP contribution in [0.3, 0.4) is 0 Å². The van der Waals surface area contributed by atoms with Crippen molar-refractivity contribution in [2.45, 2.75) is 62.8 Å². The lowest BCUT2D eigenvalue weighted by Crippen LogP contribution is -2.52. The fourth-order valence-electron chi connectivity index (χ4n) is 5.24. The van der Waals surface area contributed by atoms with Crippen LogP contribution in [0.25, 0.3) is 11.3 Å². The van der Waals surface area contributed by atoms with Crippen LogP contribution >= 0.6 is 0 Å². The Morgan fingerprint density at radius 3 is 2.63 bits per heavy atom. The molecule has 1 aliphatic heterocycles. The number of hydrogen-bond acceptors (Lipinski definition) is 5. The molecule has 2 heterocycles. The van der Waals surface area contributed by atoms with Crippen molar-refractivity contribution in [2.75, 3.05) is 6.54 Å². The second kappa shape index (κ2) is 10.2. The number of nitrogens with one attached hydrogen (secondary N) is 2. The molecule has 182 valence electrons. The number of nitrogens with zero attached hydrogens (tertiary/aromatic N) is 1. The van der Waals surface area contributed by atoms with Gasteiger partial charge in [0, 0.05) is 43.3 Å². The Kier molecular flexibility index (Phi) is 6.84. The number of benzene rings is 2. The van der Waals surface area contributed by atoms with Gasteiger partial charge >= 0.3 is 0 Å². The van der Waals surface area contributed by atoms with Crippen molar-refractivity contribution in [1.29, 1.82) is 0 Å². The van der Waals surface area contributed by atoms with Crippen molar-refractivity contribution < 1.29 is 14.6 Å². The van der Waals surface area contributed by atoms with Crippen molar-refractivity contribution in [3.63, 3.8) is 0 Å². The predicted molar refractivity (Wildman–Crippen MR) is 136 cm³/mol. The molecule has 2 aromatic carbocycles. The fraction of sp³-hybridized carbons (Fsp3) is 0.379. The maximum atomic E-state index is 11.9. The number of ether oxygens (including phenoxy) is 1. The Balaban J connectivity index is 1.35. The van der Waals surface area contributed by atoms with Gasteiger partial charge in [-0.1, -0.05) is 36.4 Å². The lowest BCUT2D eigenvalue weighted by molar-refractivity contribution is -0.120. The van der Waals surface area contributed by atoms with Gasteiger partial charge < -0.3 is 20.5 Å². The third-order valence-electron chi connectivity index (χ3n) is 7.24. The number of pyridine rings is 1. The quantitative estimate of drug-likeness (QED) is 0.459. The minimum atomic E-state index is -0.735. The number of amides is 1. The van der Waals surface area contributed by atoms with E-state index >= 15 is 0 Å². The number of carbonyl (C=O) groups is 1. The number of aromatic nitrogens is 1. The van der Waals surface area contributed by atoms with E-state index in [4.69, 9.17) is 4.74 Å². The van der Waals surface area contributed by atoms with Gasteiger partial charge in [0.15, 0.2) is 0 Å². The molecule has 3 N–H and O–H groups in total. The van der Waals surface area contributed by atoms with Crippen LogP contribution in [0.2, 0.25) is 0 Å². The van der Waals surface area contributed by atoms with Crippen molar-refractivity contribution in [3.05, 3.63) is 84.1 Å². The molecule has 1 spiro atoms. The minimum absolute atomic E-state index is 0.0482. The first-order valence-electron chi connectivity index (χ1n) is 12.5. The van der Waals surface area contributed by atoms with E-state index < -0.39 is 6.10 Å². The maximum Gasteiger partial charge on any atom is 0.217 e. The lowest BCUT2D eigenvalue weighted by atomic mass is 9.72.